The van der Waals surface area contributed by atoms with E-state index in [1.807, 2.05) is 0 Å². The molecule has 7 nitrogen and oxygen atoms in total. The van der Waals surface area contributed by atoms with Gasteiger partial charge in [-0.2, -0.15) is 14.8 Å². The van der Waals surface area contributed by atoms with Crippen LogP contribution in [-0.4, -0.2) is 38.2 Å². The molecule has 106 valence electrons. The number of nitriles is 2. The highest BCUT2D eigenvalue weighted by Gasteiger charge is 2.21. The second-order valence-electron chi connectivity index (χ2n) is 3.82. The molecule has 0 aromatic heterocycles. The topological polar surface area (TPSA) is 120 Å². The first-order valence-electron chi connectivity index (χ1n) is 5.69. The molecule has 0 spiro atoms. The van der Waals surface area contributed by atoms with Crippen LogP contribution in [0.15, 0.2) is 24.3 Å². The SMILES string of the molecule is N#CCN(CC#N)S(=O)(=O)CCOc1cccc(N)c1. The molecule has 1 rings (SSSR count). The summed E-state index contributed by atoms with van der Waals surface area (Å²) in [4.78, 5) is 0. The summed E-state index contributed by atoms with van der Waals surface area (Å²) in [5.74, 6) is 0.151. The molecule has 20 heavy (non-hydrogen) atoms. The number of sulfonamides is 1. The zero-order valence-corrected chi connectivity index (χ0v) is 11.5. The Bertz CT molecular complexity index is 615. The van der Waals surface area contributed by atoms with E-state index in [1.165, 1.54) is 0 Å². The molecule has 2 N–H and O–H groups in total. The third-order valence-corrected chi connectivity index (χ3v) is 4.08. The van der Waals surface area contributed by atoms with Gasteiger partial charge in [0, 0.05) is 11.8 Å². The Morgan fingerprint density at radius 3 is 2.45 bits per heavy atom. The second kappa shape index (κ2) is 7.34. The molecule has 0 saturated carbocycles. The predicted molar refractivity (Wildman–Crippen MR) is 72.9 cm³/mol. The fourth-order valence-corrected chi connectivity index (χ4v) is 2.47. The Morgan fingerprint density at radius 1 is 1.25 bits per heavy atom. The quantitative estimate of drug-likeness (QED) is 0.571. The van der Waals surface area contributed by atoms with Crippen molar-refractivity contribution in [1.29, 1.82) is 10.5 Å². The molecule has 0 fully saturated rings. The fraction of sp³-hybridized carbons (Fsp3) is 0.333. The van der Waals surface area contributed by atoms with Gasteiger partial charge in [0.1, 0.15) is 25.4 Å². The first-order chi connectivity index (χ1) is 9.49. The van der Waals surface area contributed by atoms with E-state index in [2.05, 4.69) is 0 Å². The van der Waals surface area contributed by atoms with Crippen molar-refractivity contribution in [2.24, 2.45) is 0 Å². The normalized spacial score (nSPS) is 10.8. The number of anilines is 1. The number of nitrogens with two attached hydrogens (primary N) is 1. The molecule has 0 amide bonds. The van der Waals surface area contributed by atoms with Crippen molar-refractivity contribution in [3.05, 3.63) is 24.3 Å². The zero-order valence-electron chi connectivity index (χ0n) is 10.7. The Hall–Kier alpha value is -2.29. The minimum absolute atomic E-state index is 0.0842. The van der Waals surface area contributed by atoms with Crippen molar-refractivity contribution in [3.63, 3.8) is 0 Å². The van der Waals surface area contributed by atoms with E-state index < -0.39 is 10.0 Å². The lowest BCUT2D eigenvalue weighted by Gasteiger charge is -2.16. The van der Waals surface area contributed by atoms with Crippen molar-refractivity contribution in [3.8, 4) is 17.9 Å². The monoisotopic (exact) mass is 294 g/mol. The molecule has 0 unspecified atom stereocenters. The first-order valence-corrected chi connectivity index (χ1v) is 7.30. The van der Waals surface area contributed by atoms with Crippen LogP contribution in [0.1, 0.15) is 0 Å². The average molecular weight is 294 g/mol. The van der Waals surface area contributed by atoms with Crippen molar-refractivity contribution in [2.45, 2.75) is 0 Å². The van der Waals surface area contributed by atoms with E-state index in [1.54, 1.807) is 36.4 Å². The molecular formula is C12H14N4O3S. The van der Waals surface area contributed by atoms with Gasteiger partial charge in [-0.05, 0) is 12.1 Å². The van der Waals surface area contributed by atoms with Crippen LogP contribution in [-0.2, 0) is 10.0 Å². The van der Waals surface area contributed by atoms with Crippen LogP contribution in [0.25, 0.3) is 0 Å². The summed E-state index contributed by atoms with van der Waals surface area (Å²) in [5, 5.41) is 17.1. The zero-order chi connectivity index (χ0) is 15.0. The molecule has 0 aliphatic carbocycles. The summed E-state index contributed by atoms with van der Waals surface area (Å²) >= 11 is 0. The molecule has 1 aromatic rings. The van der Waals surface area contributed by atoms with Crippen LogP contribution in [0.4, 0.5) is 5.69 Å². The lowest BCUT2D eigenvalue weighted by molar-refractivity contribution is 0.337. The van der Waals surface area contributed by atoms with Crippen molar-refractivity contribution in [1.82, 2.24) is 4.31 Å². The van der Waals surface area contributed by atoms with Gasteiger partial charge in [0.2, 0.25) is 10.0 Å². The maximum atomic E-state index is 11.9. The molecule has 8 heteroatoms. The molecule has 1 aromatic carbocycles. The summed E-state index contributed by atoms with van der Waals surface area (Å²) in [6, 6.07) is 10.0. The largest absolute Gasteiger partial charge is 0.492 e. The van der Waals surface area contributed by atoms with E-state index in [0.717, 1.165) is 4.31 Å². The summed E-state index contributed by atoms with van der Waals surface area (Å²) in [6.07, 6.45) is 0. The number of nitrogens with zero attached hydrogens (tertiary/aromatic N) is 3. The Labute approximate surface area is 117 Å². The third-order valence-electron chi connectivity index (χ3n) is 2.36. The lowest BCUT2D eigenvalue weighted by atomic mass is 10.3. The predicted octanol–water partition coefficient (Wildman–Crippen LogP) is 0.327. The number of nitrogen functional groups attached to an aromatic ring is 1. The van der Waals surface area contributed by atoms with Crippen LogP contribution in [0.5, 0.6) is 5.75 Å². The maximum absolute atomic E-state index is 11.9. The minimum atomic E-state index is -3.69. The van der Waals surface area contributed by atoms with Crippen molar-refractivity contribution >= 4 is 15.7 Å². The van der Waals surface area contributed by atoms with Gasteiger partial charge in [-0.3, -0.25) is 0 Å². The van der Waals surface area contributed by atoms with Gasteiger partial charge >= 0.3 is 0 Å². The molecule has 0 atom stereocenters. The third kappa shape index (κ3) is 4.76. The van der Waals surface area contributed by atoms with Crippen LogP contribution in [0, 0.1) is 22.7 Å². The van der Waals surface area contributed by atoms with E-state index in [0.29, 0.717) is 11.4 Å². The Morgan fingerprint density at radius 2 is 1.90 bits per heavy atom. The number of benzene rings is 1. The van der Waals surface area contributed by atoms with Gasteiger partial charge in [-0.15, -0.1) is 0 Å². The lowest BCUT2D eigenvalue weighted by Crippen LogP contribution is -2.35. The fourth-order valence-electron chi connectivity index (χ4n) is 1.41. The van der Waals surface area contributed by atoms with Gasteiger partial charge in [-0.25, -0.2) is 8.42 Å². The Balaban J connectivity index is 2.59. The second-order valence-corrected chi connectivity index (χ2v) is 5.91. The van der Waals surface area contributed by atoms with E-state index in [-0.39, 0.29) is 25.4 Å². The van der Waals surface area contributed by atoms with E-state index in [4.69, 9.17) is 21.0 Å². The molecule has 0 aliphatic heterocycles. The molecular weight excluding hydrogens is 280 g/mol. The average Bonchev–Trinajstić information content (AvgIpc) is 2.38. The molecule has 0 radical (unpaired) electrons. The number of ether oxygens (including phenoxy) is 1. The van der Waals surface area contributed by atoms with Crippen molar-refractivity contribution < 1.29 is 13.2 Å². The van der Waals surface area contributed by atoms with Gasteiger partial charge in [0.25, 0.3) is 0 Å². The highest BCUT2D eigenvalue weighted by molar-refractivity contribution is 7.89. The molecule has 0 saturated heterocycles. The van der Waals surface area contributed by atoms with Crippen LogP contribution >= 0.6 is 0 Å². The summed E-state index contributed by atoms with van der Waals surface area (Å²) < 4.78 is 29.9. The minimum Gasteiger partial charge on any atom is -0.492 e. The van der Waals surface area contributed by atoms with Gasteiger partial charge in [0.05, 0.1) is 17.9 Å². The summed E-state index contributed by atoms with van der Waals surface area (Å²) in [5.41, 5.74) is 6.08. The van der Waals surface area contributed by atoms with Crippen LogP contribution in [0.3, 0.4) is 0 Å². The molecule has 0 heterocycles. The van der Waals surface area contributed by atoms with E-state index >= 15 is 0 Å². The van der Waals surface area contributed by atoms with Crippen molar-refractivity contribution in [2.75, 3.05) is 31.2 Å². The van der Waals surface area contributed by atoms with Crippen LogP contribution < -0.4 is 10.5 Å². The molecule has 0 aliphatic rings. The highest BCUT2D eigenvalue weighted by atomic mass is 32.2. The van der Waals surface area contributed by atoms with Crippen LogP contribution in [0.2, 0.25) is 0 Å². The first kappa shape index (κ1) is 15.8. The van der Waals surface area contributed by atoms with Gasteiger partial charge in [0.15, 0.2) is 0 Å². The Kier molecular flexibility index (Phi) is 5.78. The highest BCUT2D eigenvalue weighted by Crippen LogP contribution is 2.14. The number of hydrogen-bond acceptors (Lipinski definition) is 6. The summed E-state index contributed by atoms with van der Waals surface area (Å²) in [6.45, 7) is -0.790. The maximum Gasteiger partial charge on any atom is 0.219 e. The van der Waals surface area contributed by atoms with Gasteiger partial charge in [-0.1, -0.05) is 6.07 Å². The molecule has 0 bridgehead atoms. The standard InChI is InChI=1S/C12H14N4O3S/c13-4-6-16(7-5-14)20(17,18)9-8-19-12-3-1-2-11(15)10-12/h1-3,10H,6-9,15H2. The van der Waals surface area contributed by atoms with E-state index in [9.17, 15) is 8.42 Å². The van der Waals surface area contributed by atoms with Gasteiger partial charge < -0.3 is 10.5 Å². The smallest absolute Gasteiger partial charge is 0.219 e. The number of rotatable bonds is 7. The number of hydrogen-bond donors (Lipinski definition) is 1. The summed E-state index contributed by atoms with van der Waals surface area (Å²) in [7, 11) is -3.69.